The lowest BCUT2D eigenvalue weighted by Gasteiger charge is -2.14. The Morgan fingerprint density at radius 2 is 0.850 bits per heavy atom. The van der Waals surface area contributed by atoms with Crippen molar-refractivity contribution in [1.29, 1.82) is 0 Å². The molecule has 276 valence electrons. The molecule has 0 atom stereocenters. The Balaban J connectivity index is 1.03. The van der Waals surface area contributed by atoms with E-state index in [1.54, 1.807) is 0 Å². The van der Waals surface area contributed by atoms with Crippen LogP contribution in [0.3, 0.4) is 0 Å². The molecule has 3 heterocycles. The van der Waals surface area contributed by atoms with Crippen LogP contribution in [0.15, 0.2) is 194 Å². The van der Waals surface area contributed by atoms with Gasteiger partial charge in [-0.3, -0.25) is 4.57 Å². The predicted molar refractivity (Wildman–Crippen MR) is 251 cm³/mol. The van der Waals surface area contributed by atoms with E-state index in [4.69, 9.17) is 9.97 Å². The summed E-state index contributed by atoms with van der Waals surface area (Å²) in [7, 11) is 0. The molecule has 13 aromatic rings. The second-order valence-corrected chi connectivity index (χ2v) is 16.1. The molecule has 0 unspecified atom stereocenters. The first kappa shape index (κ1) is 31.9. The Kier molecular flexibility index (Phi) is 6.26. The summed E-state index contributed by atoms with van der Waals surface area (Å²) in [4.78, 5) is 10.9. The van der Waals surface area contributed by atoms with Gasteiger partial charge in [0.15, 0.2) is 5.82 Å². The third-order valence-corrected chi connectivity index (χ3v) is 13.0. The van der Waals surface area contributed by atoms with Crippen molar-refractivity contribution in [3.05, 3.63) is 194 Å². The van der Waals surface area contributed by atoms with Crippen LogP contribution >= 0.6 is 0 Å². The predicted octanol–water partition coefficient (Wildman–Crippen LogP) is 14.6. The molecular weight excluding hydrogens is 729 g/mol. The van der Waals surface area contributed by atoms with Crippen LogP contribution < -0.4 is 0 Å². The summed E-state index contributed by atoms with van der Waals surface area (Å²) in [6.45, 7) is 0. The molecule has 0 amide bonds. The van der Waals surface area contributed by atoms with Gasteiger partial charge < -0.3 is 4.57 Å². The number of benzene rings is 10. The Morgan fingerprint density at radius 1 is 0.300 bits per heavy atom. The smallest absolute Gasteiger partial charge is 0.162 e. The third-order valence-electron chi connectivity index (χ3n) is 13.0. The number of para-hydroxylation sites is 3. The molecule has 10 aromatic carbocycles. The fraction of sp³-hybridized carbons (Fsp3) is 0. The monoisotopic (exact) mass is 760 g/mol. The summed E-state index contributed by atoms with van der Waals surface area (Å²) in [5, 5.41) is 13.2. The average Bonchev–Trinajstić information content (AvgIpc) is 3.93. The maximum Gasteiger partial charge on any atom is 0.162 e. The van der Waals surface area contributed by atoms with Crippen molar-refractivity contribution in [3.8, 4) is 45.1 Å². The Labute approximate surface area is 343 Å². The fourth-order valence-electron chi connectivity index (χ4n) is 10.4. The van der Waals surface area contributed by atoms with Gasteiger partial charge in [-0.15, -0.1) is 0 Å². The summed E-state index contributed by atoms with van der Waals surface area (Å²) < 4.78 is 4.80. The fourth-order valence-corrected chi connectivity index (χ4v) is 10.4. The molecule has 0 aliphatic heterocycles. The highest BCUT2D eigenvalue weighted by molar-refractivity contribution is 6.19. The minimum Gasteiger partial charge on any atom is -0.309 e. The van der Waals surface area contributed by atoms with Gasteiger partial charge >= 0.3 is 0 Å². The van der Waals surface area contributed by atoms with Gasteiger partial charge in [0.25, 0.3) is 0 Å². The Morgan fingerprint density at radius 3 is 1.63 bits per heavy atom. The first-order valence-electron chi connectivity index (χ1n) is 20.6. The lowest BCUT2D eigenvalue weighted by Crippen LogP contribution is -2.03. The van der Waals surface area contributed by atoms with Crippen LogP contribution in [0.2, 0.25) is 0 Å². The van der Waals surface area contributed by atoms with Gasteiger partial charge in [0.05, 0.1) is 27.6 Å². The van der Waals surface area contributed by atoms with Crippen molar-refractivity contribution < 1.29 is 0 Å². The summed E-state index contributed by atoms with van der Waals surface area (Å²) in [5.41, 5.74) is 12.8. The van der Waals surface area contributed by atoms with E-state index in [2.05, 4.69) is 203 Å². The van der Waals surface area contributed by atoms with Gasteiger partial charge in [-0.2, -0.15) is 0 Å². The van der Waals surface area contributed by atoms with Gasteiger partial charge in [0.2, 0.25) is 0 Å². The number of hydrogen-bond donors (Lipinski definition) is 0. The van der Waals surface area contributed by atoms with Crippen molar-refractivity contribution >= 4 is 86.8 Å². The summed E-state index contributed by atoms with van der Waals surface area (Å²) >= 11 is 0. The Hall–Kier alpha value is -8.08. The van der Waals surface area contributed by atoms with Gasteiger partial charge in [0, 0.05) is 38.2 Å². The molecule has 1 aliphatic carbocycles. The molecule has 0 fully saturated rings. The van der Waals surface area contributed by atoms with E-state index in [9.17, 15) is 0 Å². The first-order valence-corrected chi connectivity index (χ1v) is 20.6. The minimum atomic E-state index is 0.719. The quantitative estimate of drug-likeness (QED) is 0.180. The zero-order valence-electron chi connectivity index (χ0n) is 32.3. The van der Waals surface area contributed by atoms with Crippen molar-refractivity contribution in [2.24, 2.45) is 0 Å². The molecular formula is C56H32N4. The summed E-state index contributed by atoms with van der Waals surface area (Å²) in [6.07, 6.45) is 0. The van der Waals surface area contributed by atoms with Crippen molar-refractivity contribution in [2.75, 3.05) is 0 Å². The van der Waals surface area contributed by atoms with Crippen LogP contribution in [0.1, 0.15) is 0 Å². The molecule has 0 saturated heterocycles. The molecule has 14 rings (SSSR count). The van der Waals surface area contributed by atoms with Crippen LogP contribution in [0.4, 0.5) is 0 Å². The molecule has 0 N–H and O–H groups in total. The number of hydrogen-bond acceptors (Lipinski definition) is 2. The zero-order valence-corrected chi connectivity index (χ0v) is 32.3. The molecule has 4 nitrogen and oxygen atoms in total. The van der Waals surface area contributed by atoms with E-state index in [1.165, 1.54) is 87.1 Å². The van der Waals surface area contributed by atoms with E-state index in [1.807, 2.05) is 0 Å². The van der Waals surface area contributed by atoms with Crippen molar-refractivity contribution in [3.63, 3.8) is 0 Å². The van der Waals surface area contributed by atoms with Gasteiger partial charge in [-0.05, 0) is 121 Å². The molecule has 1 aliphatic rings. The molecule has 0 spiro atoms. The normalized spacial score (nSPS) is 12.3. The topological polar surface area (TPSA) is 35.6 Å². The highest BCUT2D eigenvalue weighted by Crippen LogP contribution is 2.49. The van der Waals surface area contributed by atoms with E-state index in [0.29, 0.717) is 0 Å². The second-order valence-electron chi connectivity index (χ2n) is 16.1. The second kappa shape index (κ2) is 11.8. The molecule has 60 heavy (non-hydrogen) atoms. The van der Waals surface area contributed by atoms with Gasteiger partial charge in [-0.1, -0.05) is 127 Å². The number of nitrogens with zero attached hydrogens (tertiary/aromatic N) is 4. The lowest BCUT2D eigenvalue weighted by atomic mass is 9.98. The minimum absolute atomic E-state index is 0.719. The van der Waals surface area contributed by atoms with Crippen LogP contribution in [-0.2, 0) is 0 Å². The van der Waals surface area contributed by atoms with E-state index in [0.717, 1.165) is 44.8 Å². The highest BCUT2D eigenvalue weighted by Gasteiger charge is 2.24. The first-order chi connectivity index (χ1) is 29.7. The summed E-state index contributed by atoms with van der Waals surface area (Å²) in [6, 6.07) is 70.7. The molecule has 0 saturated carbocycles. The SMILES string of the molecule is c1ccc2c(c1)-c1cccc3c(-c4nc(-n5c6ccccc6c6cc7ccc(-n8c9ccccc9c9cc%10ccccc%10cc98)cc7cc65)c5ccccc5n4)ccc-2c13. The number of rotatable bonds is 3. The standard InChI is InChI=1S/C56H32N4/c1-2-13-34-31-52-47(29-33(34)12-1)40-16-6-9-22-50(40)59(52)37-25-24-35-30-48-41-17-7-10-23-51(41)60(53(48)32-36(35)28-37)56-46-18-5-8-21-49(46)57-55(58-56)45-27-26-44-39-15-4-3-14-38(39)42-19-11-20-43(45)54(42)44/h1-32H. The van der Waals surface area contributed by atoms with Crippen LogP contribution in [-0.4, -0.2) is 19.1 Å². The lowest BCUT2D eigenvalue weighted by molar-refractivity contribution is 1.08. The van der Waals surface area contributed by atoms with E-state index in [-0.39, 0.29) is 0 Å². The average molecular weight is 761 g/mol. The molecule has 0 radical (unpaired) electrons. The van der Waals surface area contributed by atoms with Crippen LogP contribution in [0, 0.1) is 0 Å². The number of aromatic nitrogens is 4. The van der Waals surface area contributed by atoms with E-state index >= 15 is 0 Å². The number of fused-ring (bicyclic) bond motifs is 12. The Bertz CT molecular complexity index is 3990. The molecule has 3 aromatic heterocycles. The maximum absolute atomic E-state index is 5.57. The molecule has 4 heteroatoms. The molecule has 0 bridgehead atoms. The third kappa shape index (κ3) is 4.29. The van der Waals surface area contributed by atoms with Gasteiger partial charge in [-0.25, -0.2) is 9.97 Å². The highest BCUT2D eigenvalue weighted by atomic mass is 15.1. The zero-order chi connectivity index (χ0) is 39.1. The van der Waals surface area contributed by atoms with E-state index < -0.39 is 0 Å². The van der Waals surface area contributed by atoms with Crippen molar-refractivity contribution in [1.82, 2.24) is 19.1 Å². The van der Waals surface area contributed by atoms with Crippen LogP contribution in [0.25, 0.3) is 132 Å². The summed E-state index contributed by atoms with van der Waals surface area (Å²) in [5.74, 6) is 1.59. The van der Waals surface area contributed by atoms with Gasteiger partial charge in [0.1, 0.15) is 5.82 Å². The van der Waals surface area contributed by atoms with Crippen molar-refractivity contribution in [2.45, 2.75) is 0 Å². The van der Waals surface area contributed by atoms with Crippen LogP contribution in [0.5, 0.6) is 0 Å². The maximum atomic E-state index is 5.57. The largest absolute Gasteiger partial charge is 0.309 e.